The number of nitrogens with one attached hydrogen (secondary N) is 3. The Labute approximate surface area is 181 Å². The Morgan fingerprint density at radius 3 is 2.88 bits per heavy atom. The van der Waals surface area contributed by atoms with Crippen molar-refractivity contribution in [2.75, 3.05) is 5.32 Å². The molecule has 1 amide bonds. The topological polar surface area (TPSA) is 125 Å². The average molecular weight is 430 g/mol. The maximum Gasteiger partial charge on any atom is 0.224 e. The number of H-pyrrole nitrogens is 2. The molecule has 0 spiro atoms. The first-order valence-corrected chi connectivity index (χ1v) is 10.1. The molecule has 32 heavy (non-hydrogen) atoms. The molecule has 10 heteroatoms. The van der Waals surface area contributed by atoms with Crippen LogP contribution in [0.2, 0.25) is 0 Å². The van der Waals surface area contributed by atoms with E-state index in [1.54, 1.807) is 18.3 Å². The summed E-state index contributed by atoms with van der Waals surface area (Å²) in [4.78, 5) is 32.3. The molecule has 5 aromatic heterocycles. The van der Waals surface area contributed by atoms with Gasteiger partial charge in [-0.05, 0) is 24.1 Å². The molecule has 0 atom stereocenters. The van der Waals surface area contributed by atoms with Crippen LogP contribution in [0.15, 0.2) is 43.0 Å². The maximum absolute atomic E-state index is 15.7. The van der Waals surface area contributed by atoms with E-state index >= 15 is 4.39 Å². The van der Waals surface area contributed by atoms with E-state index in [4.69, 9.17) is 0 Å². The van der Waals surface area contributed by atoms with E-state index in [1.165, 1.54) is 18.6 Å². The van der Waals surface area contributed by atoms with Gasteiger partial charge in [0.25, 0.3) is 0 Å². The van der Waals surface area contributed by atoms with Crippen molar-refractivity contribution < 1.29 is 9.18 Å². The predicted molar refractivity (Wildman–Crippen MR) is 118 cm³/mol. The molecule has 0 unspecified atom stereocenters. The second kappa shape index (κ2) is 7.80. The third kappa shape index (κ3) is 3.55. The number of pyridine rings is 3. The maximum atomic E-state index is 15.7. The number of carbonyl (C=O) groups is 1. The number of anilines is 1. The zero-order valence-corrected chi connectivity index (χ0v) is 17.3. The van der Waals surface area contributed by atoms with E-state index in [2.05, 4.69) is 40.4 Å². The molecule has 0 radical (unpaired) electrons. The Bertz CT molecular complexity index is 1420. The molecule has 0 saturated heterocycles. The number of rotatable bonds is 5. The number of amides is 1. The Balaban J connectivity index is 1.56. The van der Waals surface area contributed by atoms with E-state index in [0.717, 1.165) is 0 Å². The summed E-state index contributed by atoms with van der Waals surface area (Å²) in [7, 11) is 0. The number of nitrogens with zero attached hydrogens (tertiary/aromatic N) is 5. The highest BCUT2D eigenvalue weighted by molar-refractivity contribution is 5.95. The summed E-state index contributed by atoms with van der Waals surface area (Å²) in [6, 6.07) is 5.23. The number of fused-ring (bicyclic) bond motifs is 2. The van der Waals surface area contributed by atoms with Crippen LogP contribution in [0.5, 0.6) is 0 Å². The molecule has 5 rings (SSSR count). The summed E-state index contributed by atoms with van der Waals surface area (Å²) < 4.78 is 15.7. The quantitative estimate of drug-likeness (QED) is 0.386. The third-order valence-electron chi connectivity index (χ3n) is 4.91. The Kier molecular flexibility index (Phi) is 4.81. The van der Waals surface area contributed by atoms with Crippen LogP contribution in [0.1, 0.15) is 20.3 Å². The molecule has 0 aliphatic rings. The number of carbonyl (C=O) groups excluding carboxylic acids is 1. The van der Waals surface area contributed by atoms with Gasteiger partial charge in [-0.1, -0.05) is 13.8 Å². The molecule has 0 bridgehead atoms. The standard InChI is InChI=1S/C22H19FN8O/c1-11(2)6-16(32)27-13-7-12(8-24-9-13)19-18(23)17-15(10-26-19)30-31-20(17)22-28-14-4-3-5-25-21(14)29-22/h3-5,7-11H,6H2,1-2H3,(H,27,32)(H,30,31)(H,25,28,29). The molecule has 0 fully saturated rings. The van der Waals surface area contributed by atoms with Crippen molar-refractivity contribution in [3.8, 4) is 22.8 Å². The van der Waals surface area contributed by atoms with Crippen LogP contribution in [-0.2, 0) is 4.79 Å². The first kappa shape index (κ1) is 19.7. The van der Waals surface area contributed by atoms with Crippen molar-refractivity contribution in [1.29, 1.82) is 0 Å². The lowest BCUT2D eigenvalue weighted by Crippen LogP contribution is -2.14. The van der Waals surface area contributed by atoms with Crippen LogP contribution < -0.4 is 5.32 Å². The zero-order chi connectivity index (χ0) is 22.2. The van der Waals surface area contributed by atoms with Gasteiger partial charge in [-0.15, -0.1) is 0 Å². The van der Waals surface area contributed by atoms with E-state index < -0.39 is 5.82 Å². The highest BCUT2D eigenvalue weighted by Gasteiger charge is 2.21. The molecule has 0 aliphatic carbocycles. The summed E-state index contributed by atoms with van der Waals surface area (Å²) in [5, 5.41) is 10.1. The van der Waals surface area contributed by atoms with Gasteiger partial charge >= 0.3 is 0 Å². The van der Waals surface area contributed by atoms with Crippen molar-refractivity contribution in [3.05, 3.63) is 48.8 Å². The monoisotopic (exact) mass is 430 g/mol. The smallest absolute Gasteiger partial charge is 0.224 e. The Hall–Kier alpha value is -4.21. The molecule has 160 valence electrons. The van der Waals surface area contributed by atoms with Gasteiger partial charge in [0.1, 0.15) is 16.9 Å². The Morgan fingerprint density at radius 2 is 2.06 bits per heavy atom. The predicted octanol–water partition coefficient (Wildman–Crippen LogP) is 4.08. The first-order valence-electron chi connectivity index (χ1n) is 10.1. The summed E-state index contributed by atoms with van der Waals surface area (Å²) in [6.45, 7) is 3.92. The van der Waals surface area contributed by atoms with E-state index in [-0.39, 0.29) is 22.9 Å². The van der Waals surface area contributed by atoms with Crippen LogP contribution in [0.4, 0.5) is 10.1 Å². The van der Waals surface area contributed by atoms with Crippen molar-refractivity contribution >= 4 is 33.7 Å². The lowest BCUT2D eigenvalue weighted by Gasteiger charge is -2.09. The number of hydrogen-bond donors (Lipinski definition) is 3. The van der Waals surface area contributed by atoms with Crippen molar-refractivity contribution in [2.24, 2.45) is 5.92 Å². The molecule has 5 heterocycles. The lowest BCUT2D eigenvalue weighted by molar-refractivity contribution is -0.116. The van der Waals surface area contributed by atoms with Gasteiger partial charge in [-0.2, -0.15) is 5.10 Å². The van der Waals surface area contributed by atoms with Crippen molar-refractivity contribution in [2.45, 2.75) is 20.3 Å². The number of imidazole rings is 1. The third-order valence-corrected chi connectivity index (χ3v) is 4.91. The van der Waals surface area contributed by atoms with Gasteiger partial charge in [-0.25, -0.2) is 14.4 Å². The number of hydrogen-bond acceptors (Lipinski definition) is 6. The molecule has 0 aliphatic heterocycles. The number of halogens is 1. The van der Waals surface area contributed by atoms with Gasteiger partial charge < -0.3 is 10.3 Å². The average Bonchev–Trinajstić information content (AvgIpc) is 3.38. The van der Waals surface area contributed by atoms with Crippen LogP contribution in [0, 0.1) is 11.7 Å². The molecular weight excluding hydrogens is 411 g/mol. The lowest BCUT2D eigenvalue weighted by atomic mass is 10.1. The normalized spacial score (nSPS) is 11.5. The van der Waals surface area contributed by atoms with Gasteiger partial charge in [0.05, 0.1) is 29.0 Å². The minimum atomic E-state index is -0.563. The minimum absolute atomic E-state index is 0.0989. The second-order valence-electron chi connectivity index (χ2n) is 7.85. The molecular formula is C22H19FN8O. The fourth-order valence-electron chi connectivity index (χ4n) is 3.52. The largest absolute Gasteiger partial charge is 0.325 e. The fourth-order valence-corrected chi connectivity index (χ4v) is 3.52. The van der Waals surface area contributed by atoms with Crippen LogP contribution in [0.3, 0.4) is 0 Å². The van der Waals surface area contributed by atoms with Crippen molar-refractivity contribution in [3.63, 3.8) is 0 Å². The van der Waals surface area contributed by atoms with Crippen LogP contribution in [0.25, 0.3) is 44.8 Å². The highest BCUT2D eigenvalue weighted by atomic mass is 19.1. The van der Waals surface area contributed by atoms with Gasteiger partial charge in [0.15, 0.2) is 17.3 Å². The number of aromatic nitrogens is 7. The van der Waals surface area contributed by atoms with Crippen molar-refractivity contribution in [1.82, 2.24) is 35.1 Å². The molecule has 0 saturated carbocycles. The summed E-state index contributed by atoms with van der Waals surface area (Å²) in [5.41, 5.74) is 3.01. The van der Waals surface area contributed by atoms with E-state index in [9.17, 15) is 4.79 Å². The molecule has 5 aromatic rings. The Morgan fingerprint density at radius 1 is 1.19 bits per heavy atom. The van der Waals surface area contributed by atoms with Crippen LogP contribution in [-0.4, -0.2) is 41.0 Å². The highest BCUT2D eigenvalue weighted by Crippen LogP contribution is 2.32. The first-order chi connectivity index (χ1) is 15.5. The summed E-state index contributed by atoms with van der Waals surface area (Å²) in [6.07, 6.45) is 6.56. The molecule has 3 N–H and O–H groups in total. The zero-order valence-electron chi connectivity index (χ0n) is 17.3. The van der Waals surface area contributed by atoms with Gasteiger partial charge in [0.2, 0.25) is 5.91 Å². The molecule has 9 nitrogen and oxygen atoms in total. The van der Waals surface area contributed by atoms with Gasteiger partial charge in [-0.3, -0.25) is 19.9 Å². The molecule has 0 aromatic carbocycles. The van der Waals surface area contributed by atoms with E-state index in [0.29, 0.717) is 45.9 Å². The fraction of sp³-hybridized carbons (Fsp3) is 0.182. The van der Waals surface area contributed by atoms with Gasteiger partial charge in [0, 0.05) is 24.4 Å². The second-order valence-corrected chi connectivity index (χ2v) is 7.85. The van der Waals surface area contributed by atoms with E-state index in [1.807, 2.05) is 19.9 Å². The summed E-state index contributed by atoms with van der Waals surface area (Å²) >= 11 is 0. The van der Waals surface area contributed by atoms with Crippen LogP contribution >= 0.6 is 0 Å². The summed E-state index contributed by atoms with van der Waals surface area (Å²) in [5.74, 6) is -0.0694. The minimum Gasteiger partial charge on any atom is -0.325 e. The SMILES string of the molecule is CC(C)CC(=O)Nc1cncc(-c2ncc3[nH]nc(-c4nc5cccnc5[nH]4)c3c2F)c1. The number of aromatic amines is 2.